The zero-order chi connectivity index (χ0) is 11.5. The minimum atomic E-state index is 0.437. The number of aromatic nitrogens is 2. The van der Waals surface area contributed by atoms with Crippen molar-refractivity contribution in [3.8, 4) is 0 Å². The first kappa shape index (κ1) is 12.3. The number of rotatable bonds is 2. The van der Waals surface area contributed by atoms with Crippen molar-refractivity contribution in [3.63, 3.8) is 0 Å². The van der Waals surface area contributed by atoms with Crippen LogP contribution in [0, 0.1) is 5.92 Å². The van der Waals surface area contributed by atoms with Gasteiger partial charge in [-0.25, -0.2) is 0 Å². The fourth-order valence-electron chi connectivity index (χ4n) is 2.05. The van der Waals surface area contributed by atoms with Crippen molar-refractivity contribution >= 4 is 27.5 Å². The summed E-state index contributed by atoms with van der Waals surface area (Å²) in [6, 6.07) is 1.98. The first-order valence-electron chi connectivity index (χ1n) is 5.51. The van der Waals surface area contributed by atoms with Gasteiger partial charge in [0, 0.05) is 0 Å². The molecule has 1 aliphatic rings. The van der Waals surface area contributed by atoms with Gasteiger partial charge in [0.05, 0.1) is 10.2 Å². The number of nitrogens with zero attached hydrogens (tertiary/aromatic N) is 3. The highest BCUT2D eigenvalue weighted by atomic mass is 79.9. The molecule has 0 radical (unpaired) electrons. The van der Waals surface area contributed by atoms with E-state index in [1.807, 2.05) is 6.07 Å². The van der Waals surface area contributed by atoms with Gasteiger partial charge >= 0.3 is 0 Å². The molecule has 1 saturated heterocycles. The second-order valence-electron chi connectivity index (χ2n) is 4.43. The maximum Gasteiger partial charge on any atom is 0.165 e. The second-order valence-corrected chi connectivity index (χ2v) is 5.64. The van der Waals surface area contributed by atoms with E-state index in [1.165, 1.54) is 25.9 Å². The SMILES string of the molecule is CN1CCC(Cc2cc(Br)c(Cl)nn2)CC1. The van der Waals surface area contributed by atoms with Gasteiger partial charge < -0.3 is 4.90 Å². The normalized spacial score (nSPS) is 18.9. The van der Waals surface area contributed by atoms with Crippen LogP contribution in [-0.4, -0.2) is 35.2 Å². The number of likely N-dealkylation sites (tertiary alicyclic amines) is 1. The Bertz CT molecular complexity index is 364. The van der Waals surface area contributed by atoms with Gasteiger partial charge in [-0.2, -0.15) is 5.10 Å². The number of halogens is 2. The van der Waals surface area contributed by atoms with Crippen LogP contribution >= 0.6 is 27.5 Å². The van der Waals surface area contributed by atoms with Crippen molar-refractivity contribution in [2.24, 2.45) is 5.92 Å². The zero-order valence-electron chi connectivity index (χ0n) is 9.29. The smallest absolute Gasteiger partial charge is 0.165 e. The molecule has 0 spiro atoms. The molecule has 3 nitrogen and oxygen atoms in total. The first-order chi connectivity index (χ1) is 7.65. The molecule has 5 heteroatoms. The summed E-state index contributed by atoms with van der Waals surface area (Å²) in [5.74, 6) is 0.735. The molecule has 2 heterocycles. The Morgan fingerprint density at radius 3 is 2.75 bits per heavy atom. The van der Waals surface area contributed by atoms with Crippen LogP contribution in [0.1, 0.15) is 18.5 Å². The monoisotopic (exact) mass is 303 g/mol. The van der Waals surface area contributed by atoms with E-state index in [0.29, 0.717) is 5.15 Å². The van der Waals surface area contributed by atoms with E-state index >= 15 is 0 Å². The van der Waals surface area contributed by atoms with Crippen molar-refractivity contribution in [1.29, 1.82) is 0 Å². The molecular weight excluding hydrogens is 289 g/mol. The summed E-state index contributed by atoms with van der Waals surface area (Å²) in [6.07, 6.45) is 3.51. The molecule has 1 aromatic rings. The number of piperidine rings is 1. The van der Waals surface area contributed by atoms with E-state index in [2.05, 4.69) is 38.1 Å². The predicted molar refractivity (Wildman–Crippen MR) is 68.7 cm³/mol. The van der Waals surface area contributed by atoms with Crippen LogP contribution in [0.4, 0.5) is 0 Å². The van der Waals surface area contributed by atoms with Crippen molar-refractivity contribution in [2.45, 2.75) is 19.3 Å². The Hall–Kier alpha value is -0.190. The lowest BCUT2D eigenvalue weighted by Gasteiger charge is -2.28. The standard InChI is InChI=1S/C11H15BrClN3/c1-16-4-2-8(3-5-16)6-9-7-10(12)11(13)15-14-9/h7-8H,2-6H2,1H3. The molecule has 0 bridgehead atoms. The summed E-state index contributed by atoms with van der Waals surface area (Å²) in [5.41, 5.74) is 1.03. The third-order valence-electron chi connectivity index (χ3n) is 3.09. The Morgan fingerprint density at radius 2 is 2.12 bits per heavy atom. The molecule has 0 N–H and O–H groups in total. The summed E-state index contributed by atoms with van der Waals surface area (Å²) in [5, 5.41) is 8.48. The maximum atomic E-state index is 5.82. The number of hydrogen-bond acceptors (Lipinski definition) is 3. The highest BCUT2D eigenvalue weighted by molar-refractivity contribution is 9.10. The highest BCUT2D eigenvalue weighted by Gasteiger charge is 2.18. The van der Waals surface area contributed by atoms with Crippen LogP contribution in [0.5, 0.6) is 0 Å². The van der Waals surface area contributed by atoms with Crippen molar-refractivity contribution in [2.75, 3.05) is 20.1 Å². The molecule has 1 fully saturated rings. The lowest BCUT2D eigenvalue weighted by Crippen LogP contribution is -2.31. The fourth-order valence-corrected chi connectivity index (χ4v) is 2.49. The van der Waals surface area contributed by atoms with Crippen molar-refractivity contribution in [3.05, 3.63) is 21.4 Å². The molecule has 16 heavy (non-hydrogen) atoms. The molecule has 0 unspecified atom stereocenters. The third kappa shape index (κ3) is 3.15. The van der Waals surface area contributed by atoms with E-state index < -0.39 is 0 Å². The van der Waals surface area contributed by atoms with Gasteiger partial charge in [-0.15, -0.1) is 5.10 Å². The molecule has 1 aliphatic heterocycles. The van der Waals surface area contributed by atoms with E-state index in [4.69, 9.17) is 11.6 Å². The zero-order valence-corrected chi connectivity index (χ0v) is 11.6. The average Bonchev–Trinajstić information content (AvgIpc) is 2.27. The van der Waals surface area contributed by atoms with E-state index in [9.17, 15) is 0 Å². The van der Waals surface area contributed by atoms with Crippen molar-refractivity contribution < 1.29 is 0 Å². The van der Waals surface area contributed by atoms with Gasteiger partial charge in [0.1, 0.15) is 0 Å². The summed E-state index contributed by atoms with van der Waals surface area (Å²) in [6.45, 7) is 2.37. The molecule has 0 aliphatic carbocycles. The summed E-state index contributed by atoms with van der Waals surface area (Å²) >= 11 is 9.19. The molecule has 1 aromatic heterocycles. The van der Waals surface area contributed by atoms with Gasteiger partial charge in [0.15, 0.2) is 5.15 Å². The Morgan fingerprint density at radius 1 is 1.44 bits per heavy atom. The summed E-state index contributed by atoms with van der Waals surface area (Å²) in [7, 11) is 2.18. The summed E-state index contributed by atoms with van der Waals surface area (Å²) < 4.78 is 0.840. The van der Waals surface area contributed by atoms with Gasteiger partial charge in [-0.3, -0.25) is 0 Å². The van der Waals surface area contributed by atoms with Crippen LogP contribution < -0.4 is 0 Å². The second kappa shape index (κ2) is 5.43. The largest absolute Gasteiger partial charge is 0.306 e. The molecule has 2 rings (SSSR count). The summed E-state index contributed by atoms with van der Waals surface area (Å²) in [4.78, 5) is 2.37. The Labute approximate surface area is 109 Å². The number of hydrogen-bond donors (Lipinski definition) is 0. The highest BCUT2D eigenvalue weighted by Crippen LogP contribution is 2.23. The predicted octanol–water partition coefficient (Wildman–Crippen LogP) is 2.78. The lowest BCUT2D eigenvalue weighted by atomic mass is 9.92. The average molecular weight is 305 g/mol. The van der Waals surface area contributed by atoms with Crippen LogP contribution in [0.3, 0.4) is 0 Å². The maximum absolute atomic E-state index is 5.82. The molecule has 88 valence electrons. The topological polar surface area (TPSA) is 29.0 Å². The van der Waals surface area contributed by atoms with Crippen molar-refractivity contribution in [1.82, 2.24) is 15.1 Å². The van der Waals surface area contributed by atoms with Crippen LogP contribution in [0.15, 0.2) is 10.5 Å². The van der Waals surface area contributed by atoms with E-state index in [1.54, 1.807) is 0 Å². The van der Waals surface area contributed by atoms with Gasteiger partial charge in [0.25, 0.3) is 0 Å². The molecular formula is C11H15BrClN3. The van der Waals surface area contributed by atoms with Gasteiger partial charge in [0.2, 0.25) is 0 Å². The van der Waals surface area contributed by atoms with Crippen LogP contribution in [0.25, 0.3) is 0 Å². The molecule has 0 saturated carbocycles. The van der Waals surface area contributed by atoms with Crippen LogP contribution in [0.2, 0.25) is 5.15 Å². The Kier molecular flexibility index (Phi) is 4.16. The van der Waals surface area contributed by atoms with Gasteiger partial charge in [-0.05, 0) is 67.3 Å². The van der Waals surface area contributed by atoms with E-state index in [-0.39, 0.29) is 0 Å². The third-order valence-corrected chi connectivity index (χ3v) is 4.20. The quantitative estimate of drug-likeness (QED) is 0.841. The first-order valence-corrected chi connectivity index (χ1v) is 6.68. The van der Waals surface area contributed by atoms with E-state index in [0.717, 1.165) is 22.5 Å². The molecule has 0 atom stereocenters. The fraction of sp³-hybridized carbons (Fsp3) is 0.636. The molecule has 0 amide bonds. The van der Waals surface area contributed by atoms with Gasteiger partial charge in [-0.1, -0.05) is 11.6 Å². The molecule has 0 aromatic carbocycles. The minimum absolute atomic E-state index is 0.437. The van der Waals surface area contributed by atoms with Crippen LogP contribution in [-0.2, 0) is 6.42 Å². The Balaban J connectivity index is 1.96. The lowest BCUT2D eigenvalue weighted by molar-refractivity contribution is 0.218. The minimum Gasteiger partial charge on any atom is -0.306 e.